The maximum absolute atomic E-state index is 13.7. The molecular formula is C21H28F2N4O. The Bertz CT molecular complexity index is 764. The van der Waals surface area contributed by atoms with Crippen LogP contribution in [0.15, 0.2) is 47.5 Å². The number of nitrogens with zero attached hydrogens (tertiary/aromatic N) is 2. The van der Waals surface area contributed by atoms with Crippen LogP contribution < -0.4 is 15.4 Å². The molecule has 0 aliphatic heterocycles. The lowest BCUT2D eigenvalue weighted by Gasteiger charge is -2.13. The molecule has 0 unspecified atom stereocenters. The third-order valence-corrected chi connectivity index (χ3v) is 4.08. The predicted octanol–water partition coefficient (Wildman–Crippen LogP) is 3.16. The highest BCUT2D eigenvalue weighted by Crippen LogP contribution is 2.12. The zero-order chi connectivity index (χ0) is 20.4. The average Bonchev–Trinajstić information content (AvgIpc) is 2.68. The van der Waals surface area contributed by atoms with Gasteiger partial charge >= 0.3 is 0 Å². The minimum Gasteiger partial charge on any atom is -0.494 e. The van der Waals surface area contributed by atoms with Crippen molar-refractivity contribution < 1.29 is 13.5 Å². The molecule has 0 saturated carbocycles. The van der Waals surface area contributed by atoms with Gasteiger partial charge in [0.2, 0.25) is 0 Å². The van der Waals surface area contributed by atoms with Crippen LogP contribution in [0, 0.1) is 11.6 Å². The first-order valence-electron chi connectivity index (χ1n) is 9.23. The third kappa shape index (κ3) is 7.52. The SMILES string of the molecule is CN=C(NCc1ccc(OCCCN(C)C)cc1)NCc1cc(F)ccc1F. The van der Waals surface area contributed by atoms with E-state index in [0.29, 0.717) is 19.1 Å². The van der Waals surface area contributed by atoms with Crippen molar-refractivity contribution in [1.82, 2.24) is 15.5 Å². The van der Waals surface area contributed by atoms with Crippen LogP contribution in [0.1, 0.15) is 17.5 Å². The first-order valence-corrected chi connectivity index (χ1v) is 9.23. The first kappa shape index (κ1) is 21.6. The molecule has 0 atom stereocenters. The highest BCUT2D eigenvalue weighted by Gasteiger charge is 2.05. The number of benzene rings is 2. The van der Waals surface area contributed by atoms with E-state index in [1.165, 1.54) is 6.07 Å². The van der Waals surface area contributed by atoms with E-state index in [9.17, 15) is 8.78 Å². The molecule has 0 aliphatic rings. The second-order valence-corrected chi connectivity index (χ2v) is 6.66. The summed E-state index contributed by atoms with van der Waals surface area (Å²) in [7, 11) is 5.71. The Morgan fingerprint density at radius 1 is 1.04 bits per heavy atom. The molecular weight excluding hydrogens is 362 g/mol. The number of guanidine groups is 1. The van der Waals surface area contributed by atoms with Gasteiger partial charge in [0, 0.05) is 32.2 Å². The van der Waals surface area contributed by atoms with Gasteiger partial charge in [-0.25, -0.2) is 8.78 Å². The number of aliphatic imine (C=N–C) groups is 1. The molecule has 7 heteroatoms. The van der Waals surface area contributed by atoms with E-state index in [4.69, 9.17) is 4.74 Å². The summed E-state index contributed by atoms with van der Waals surface area (Å²) in [6.45, 7) is 2.37. The molecule has 152 valence electrons. The number of nitrogens with one attached hydrogen (secondary N) is 2. The Balaban J connectivity index is 1.77. The lowest BCUT2D eigenvalue weighted by atomic mass is 10.2. The van der Waals surface area contributed by atoms with Crippen LogP contribution in [0.2, 0.25) is 0 Å². The van der Waals surface area contributed by atoms with Crippen molar-refractivity contribution in [2.24, 2.45) is 4.99 Å². The molecule has 0 heterocycles. The maximum atomic E-state index is 13.7. The number of hydrogen-bond acceptors (Lipinski definition) is 3. The van der Waals surface area contributed by atoms with Gasteiger partial charge in [-0.1, -0.05) is 12.1 Å². The van der Waals surface area contributed by atoms with Crippen molar-refractivity contribution >= 4 is 5.96 Å². The maximum Gasteiger partial charge on any atom is 0.191 e. The van der Waals surface area contributed by atoms with Crippen LogP contribution in [0.5, 0.6) is 5.75 Å². The smallest absolute Gasteiger partial charge is 0.191 e. The largest absolute Gasteiger partial charge is 0.494 e. The van der Waals surface area contributed by atoms with Gasteiger partial charge in [-0.2, -0.15) is 0 Å². The van der Waals surface area contributed by atoms with Gasteiger partial charge in [0.15, 0.2) is 5.96 Å². The van der Waals surface area contributed by atoms with Crippen LogP contribution in [0.25, 0.3) is 0 Å². The minimum absolute atomic E-state index is 0.142. The number of rotatable bonds is 9. The molecule has 0 bridgehead atoms. The first-order chi connectivity index (χ1) is 13.5. The van der Waals surface area contributed by atoms with Crippen molar-refractivity contribution in [3.05, 3.63) is 65.2 Å². The molecule has 0 aliphatic carbocycles. The summed E-state index contributed by atoms with van der Waals surface area (Å²) in [5, 5.41) is 6.13. The van der Waals surface area contributed by atoms with Crippen molar-refractivity contribution in [3.8, 4) is 5.75 Å². The van der Waals surface area contributed by atoms with E-state index in [0.717, 1.165) is 36.4 Å². The monoisotopic (exact) mass is 390 g/mol. The average molecular weight is 390 g/mol. The third-order valence-electron chi connectivity index (χ3n) is 4.08. The molecule has 0 saturated heterocycles. The quantitative estimate of drug-likeness (QED) is 0.392. The summed E-state index contributed by atoms with van der Waals surface area (Å²) in [6, 6.07) is 11.2. The molecule has 2 aromatic rings. The molecule has 28 heavy (non-hydrogen) atoms. The summed E-state index contributed by atoms with van der Waals surface area (Å²) in [6.07, 6.45) is 0.976. The van der Waals surface area contributed by atoms with Gasteiger partial charge in [-0.15, -0.1) is 0 Å². The predicted molar refractivity (Wildman–Crippen MR) is 109 cm³/mol. The second kappa shape index (κ2) is 11.2. The van der Waals surface area contributed by atoms with Crippen molar-refractivity contribution in [2.45, 2.75) is 19.5 Å². The Kier molecular flexibility index (Phi) is 8.68. The van der Waals surface area contributed by atoms with Gasteiger partial charge in [-0.3, -0.25) is 4.99 Å². The Labute approximate surface area is 165 Å². The molecule has 0 amide bonds. The van der Waals surface area contributed by atoms with E-state index in [-0.39, 0.29) is 12.1 Å². The summed E-state index contributed by atoms with van der Waals surface area (Å²) in [4.78, 5) is 6.23. The number of ether oxygens (including phenoxy) is 1. The van der Waals surface area contributed by atoms with Gasteiger partial charge < -0.3 is 20.3 Å². The molecule has 0 aromatic heterocycles. The van der Waals surface area contributed by atoms with Crippen LogP contribution in [-0.4, -0.2) is 45.2 Å². The summed E-state index contributed by atoms with van der Waals surface area (Å²) in [5.74, 6) is 0.426. The minimum atomic E-state index is -0.467. The molecule has 2 rings (SSSR count). The summed E-state index contributed by atoms with van der Waals surface area (Å²) < 4.78 is 32.6. The van der Waals surface area contributed by atoms with E-state index in [1.807, 2.05) is 38.4 Å². The molecule has 0 fully saturated rings. The van der Waals surface area contributed by atoms with Gasteiger partial charge in [-0.05, 0) is 56.4 Å². The molecule has 5 nitrogen and oxygen atoms in total. The molecule has 2 aromatic carbocycles. The Hall–Kier alpha value is -2.67. The summed E-state index contributed by atoms with van der Waals surface area (Å²) >= 11 is 0. The fourth-order valence-corrected chi connectivity index (χ4v) is 2.54. The standard InChI is InChI=1S/C21H28F2N4O/c1-24-21(26-15-17-13-18(22)7-10-20(17)23)25-14-16-5-8-19(9-6-16)28-12-4-11-27(2)3/h5-10,13H,4,11-12,14-15H2,1-3H3,(H2,24,25,26). The lowest BCUT2D eigenvalue weighted by Crippen LogP contribution is -2.36. The zero-order valence-corrected chi connectivity index (χ0v) is 16.6. The van der Waals surface area contributed by atoms with E-state index in [1.54, 1.807) is 7.05 Å². The topological polar surface area (TPSA) is 48.9 Å². The summed E-state index contributed by atoms with van der Waals surface area (Å²) in [5.41, 5.74) is 1.30. The van der Waals surface area contributed by atoms with Crippen LogP contribution in [0.4, 0.5) is 8.78 Å². The van der Waals surface area contributed by atoms with Gasteiger partial charge in [0.25, 0.3) is 0 Å². The molecule has 2 N–H and O–H groups in total. The van der Waals surface area contributed by atoms with Crippen LogP contribution >= 0.6 is 0 Å². The Morgan fingerprint density at radius 2 is 1.75 bits per heavy atom. The van der Waals surface area contributed by atoms with Crippen molar-refractivity contribution in [1.29, 1.82) is 0 Å². The van der Waals surface area contributed by atoms with Crippen molar-refractivity contribution in [3.63, 3.8) is 0 Å². The second-order valence-electron chi connectivity index (χ2n) is 6.66. The fraction of sp³-hybridized carbons (Fsp3) is 0.381. The lowest BCUT2D eigenvalue weighted by molar-refractivity contribution is 0.281. The molecule has 0 radical (unpaired) electrons. The zero-order valence-electron chi connectivity index (χ0n) is 16.6. The highest BCUT2D eigenvalue weighted by atomic mass is 19.1. The number of hydrogen-bond donors (Lipinski definition) is 2. The normalized spacial score (nSPS) is 11.6. The number of halogens is 2. The van der Waals surface area contributed by atoms with E-state index >= 15 is 0 Å². The van der Waals surface area contributed by atoms with Crippen molar-refractivity contribution in [2.75, 3.05) is 34.3 Å². The van der Waals surface area contributed by atoms with Crippen LogP contribution in [0.3, 0.4) is 0 Å². The van der Waals surface area contributed by atoms with E-state index in [2.05, 4.69) is 20.5 Å². The van der Waals surface area contributed by atoms with Gasteiger partial charge in [0.1, 0.15) is 17.4 Å². The Morgan fingerprint density at radius 3 is 2.43 bits per heavy atom. The van der Waals surface area contributed by atoms with E-state index < -0.39 is 11.6 Å². The molecule has 0 spiro atoms. The highest BCUT2D eigenvalue weighted by molar-refractivity contribution is 5.79. The van der Waals surface area contributed by atoms with Gasteiger partial charge in [0.05, 0.1) is 6.61 Å². The fourth-order valence-electron chi connectivity index (χ4n) is 2.54. The van der Waals surface area contributed by atoms with Crippen LogP contribution in [-0.2, 0) is 13.1 Å².